The Morgan fingerprint density at radius 2 is 1.77 bits per heavy atom. The number of carbonyl (C=O) groups excluding carboxylic acids is 1. The number of carbonyl (C=O) groups is 1. The quantitative estimate of drug-likeness (QED) is 0.294. The van der Waals surface area contributed by atoms with Crippen molar-refractivity contribution in [1.29, 1.82) is 0 Å². The highest BCUT2D eigenvalue weighted by molar-refractivity contribution is 6.11. The van der Waals surface area contributed by atoms with Gasteiger partial charge in [0.15, 0.2) is 5.78 Å². The van der Waals surface area contributed by atoms with Crippen LogP contribution in [0.15, 0.2) is 65.8 Å². The number of ether oxygens (including phenoxy) is 1. The van der Waals surface area contributed by atoms with Crippen molar-refractivity contribution in [2.24, 2.45) is 0 Å². The SMILES string of the molecule is COc1cc(O)c(C/C=C(\C)CCC=C(C)C)c(O)c1C(=O)/C=C/c1ccccc1. The first-order valence-electron chi connectivity index (χ1n) is 10.0. The number of benzene rings is 2. The Kier molecular flexibility index (Phi) is 8.48. The van der Waals surface area contributed by atoms with Crippen molar-refractivity contribution < 1.29 is 19.7 Å². The molecule has 0 heterocycles. The molecule has 0 aromatic heterocycles. The number of hydrogen-bond donors (Lipinski definition) is 2. The molecule has 30 heavy (non-hydrogen) atoms. The molecule has 0 aliphatic rings. The lowest BCUT2D eigenvalue weighted by molar-refractivity contribution is 0.104. The first-order valence-corrected chi connectivity index (χ1v) is 10.0. The summed E-state index contributed by atoms with van der Waals surface area (Å²) in [6.07, 6.45) is 9.39. The number of ketones is 1. The van der Waals surface area contributed by atoms with E-state index in [9.17, 15) is 15.0 Å². The molecule has 2 aromatic rings. The zero-order valence-electron chi connectivity index (χ0n) is 18.1. The summed E-state index contributed by atoms with van der Waals surface area (Å²) in [5.74, 6) is -0.594. The highest BCUT2D eigenvalue weighted by atomic mass is 16.5. The van der Waals surface area contributed by atoms with Crippen molar-refractivity contribution in [2.45, 2.75) is 40.0 Å². The molecule has 0 aliphatic carbocycles. The van der Waals surface area contributed by atoms with Crippen molar-refractivity contribution in [3.8, 4) is 17.2 Å². The van der Waals surface area contributed by atoms with Gasteiger partial charge in [-0.05, 0) is 51.7 Å². The van der Waals surface area contributed by atoms with E-state index in [1.54, 1.807) is 6.08 Å². The summed E-state index contributed by atoms with van der Waals surface area (Å²) in [6.45, 7) is 6.15. The van der Waals surface area contributed by atoms with Crippen molar-refractivity contribution in [3.63, 3.8) is 0 Å². The van der Waals surface area contributed by atoms with Gasteiger partial charge >= 0.3 is 0 Å². The van der Waals surface area contributed by atoms with Gasteiger partial charge in [0.25, 0.3) is 0 Å². The average molecular weight is 407 g/mol. The Morgan fingerprint density at radius 3 is 2.40 bits per heavy atom. The average Bonchev–Trinajstić information content (AvgIpc) is 2.71. The number of methoxy groups -OCH3 is 1. The van der Waals surface area contributed by atoms with Gasteiger partial charge < -0.3 is 14.9 Å². The van der Waals surface area contributed by atoms with Crippen LogP contribution in [0.5, 0.6) is 17.2 Å². The van der Waals surface area contributed by atoms with Crippen molar-refractivity contribution in [1.82, 2.24) is 0 Å². The fourth-order valence-electron chi connectivity index (χ4n) is 3.06. The second-order valence-electron chi connectivity index (χ2n) is 7.48. The molecule has 0 atom stereocenters. The van der Waals surface area contributed by atoms with Gasteiger partial charge in [-0.1, -0.05) is 59.7 Å². The largest absolute Gasteiger partial charge is 0.507 e. The minimum Gasteiger partial charge on any atom is -0.507 e. The van der Waals surface area contributed by atoms with E-state index in [0.717, 1.165) is 24.0 Å². The van der Waals surface area contributed by atoms with E-state index in [2.05, 4.69) is 19.9 Å². The lowest BCUT2D eigenvalue weighted by Crippen LogP contribution is -2.02. The first-order chi connectivity index (χ1) is 14.3. The molecule has 4 nitrogen and oxygen atoms in total. The maximum atomic E-state index is 12.8. The Morgan fingerprint density at radius 1 is 1.07 bits per heavy atom. The molecule has 0 fully saturated rings. The molecule has 0 spiro atoms. The van der Waals surface area contributed by atoms with Gasteiger partial charge in [-0.15, -0.1) is 0 Å². The lowest BCUT2D eigenvalue weighted by atomic mass is 9.98. The maximum Gasteiger partial charge on any atom is 0.193 e. The molecule has 0 bridgehead atoms. The van der Waals surface area contributed by atoms with Crippen LogP contribution in [0.3, 0.4) is 0 Å². The molecular formula is C26H30O4. The fourth-order valence-corrected chi connectivity index (χ4v) is 3.06. The Balaban J connectivity index is 2.29. The highest BCUT2D eigenvalue weighted by Gasteiger charge is 2.21. The van der Waals surface area contributed by atoms with E-state index in [1.807, 2.05) is 43.3 Å². The zero-order chi connectivity index (χ0) is 22.1. The molecule has 4 heteroatoms. The molecule has 2 aromatic carbocycles. The van der Waals surface area contributed by atoms with Gasteiger partial charge in [-0.3, -0.25) is 4.79 Å². The van der Waals surface area contributed by atoms with Gasteiger partial charge in [0.05, 0.1) is 7.11 Å². The third kappa shape index (κ3) is 6.38. The molecule has 0 aliphatic heterocycles. The highest BCUT2D eigenvalue weighted by Crippen LogP contribution is 2.39. The van der Waals surface area contributed by atoms with Gasteiger partial charge in [0, 0.05) is 11.6 Å². The Hall–Kier alpha value is -3.27. The standard InChI is InChI=1S/C26H30O4/c1-18(2)9-8-10-19(3)13-15-21-23(28)17-24(30-4)25(26(21)29)22(27)16-14-20-11-6-5-7-12-20/h5-7,9,11-14,16-17,28-29H,8,10,15H2,1-4H3/b16-14+,19-13+. The number of rotatable bonds is 9. The van der Waals surface area contributed by atoms with Crippen molar-refractivity contribution >= 4 is 11.9 Å². The molecule has 0 unspecified atom stereocenters. The predicted molar refractivity (Wildman–Crippen MR) is 122 cm³/mol. The van der Waals surface area contributed by atoms with Crippen LogP contribution >= 0.6 is 0 Å². The molecule has 2 rings (SSSR count). The van der Waals surface area contributed by atoms with Crippen molar-refractivity contribution in [2.75, 3.05) is 7.11 Å². The van der Waals surface area contributed by atoms with Crippen LogP contribution in [0.25, 0.3) is 6.08 Å². The summed E-state index contributed by atoms with van der Waals surface area (Å²) in [5, 5.41) is 21.1. The Bertz CT molecular complexity index is 962. The molecule has 0 amide bonds. The number of aromatic hydroxyl groups is 2. The zero-order valence-corrected chi connectivity index (χ0v) is 18.1. The second-order valence-corrected chi connectivity index (χ2v) is 7.48. The monoisotopic (exact) mass is 406 g/mol. The second kappa shape index (κ2) is 11.1. The number of hydrogen-bond acceptors (Lipinski definition) is 4. The Labute approximate surface area is 178 Å². The van der Waals surface area contributed by atoms with Gasteiger partial charge in [0.2, 0.25) is 0 Å². The van der Waals surface area contributed by atoms with Crippen LogP contribution in [0.1, 0.15) is 55.1 Å². The smallest absolute Gasteiger partial charge is 0.193 e. The van der Waals surface area contributed by atoms with Crippen LogP contribution in [-0.4, -0.2) is 23.1 Å². The maximum absolute atomic E-state index is 12.8. The molecule has 2 N–H and O–H groups in total. The summed E-state index contributed by atoms with van der Waals surface area (Å²) in [4.78, 5) is 12.8. The predicted octanol–water partition coefficient (Wildman–Crippen LogP) is 6.24. The van der Waals surface area contributed by atoms with Gasteiger partial charge in [-0.25, -0.2) is 0 Å². The van der Waals surface area contributed by atoms with Crippen molar-refractivity contribution in [3.05, 3.63) is 82.5 Å². The molecule has 0 saturated heterocycles. The van der Waals surface area contributed by atoms with Crippen LogP contribution in [0.2, 0.25) is 0 Å². The van der Waals surface area contributed by atoms with E-state index < -0.39 is 5.78 Å². The van der Waals surface area contributed by atoms with E-state index in [-0.39, 0.29) is 22.8 Å². The summed E-state index contributed by atoms with van der Waals surface area (Å²) in [5.41, 5.74) is 3.67. The summed E-state index contributed by atoms with van der Waals surface area (Å²) >= 11 is 0. The minimum absolute atomic E-state index is 0.0491. The van der Waals surface area contributed by atoms with Crippen LogP contribution in [-0.2, 0) is 6.42 Å². The number of phenols is 2. The fraction of sp³-hybridized carbons (Fsp3) is 0.269. The van der Waals surface area contributed by atoms with Crippen LogP contribution in [0.4, 0.5) is 0 Å². The van der Waals surface area contributed by atoms with Gasteiger partial charge in [-0.2, -0.15) is 0 Å². The van der Waals surface area contributed by atoms with E-state index >= 15 is 0 Å². The summed E-state index contributed by atoms with van der Waals surface area (Å²) in [6, 6.07) is 10.8. The number of phenolic OH excluding ortho intramolecular Hbond substituents is 2. The number of allylic oxidation sites excluding steroid dienone is 5. The summed E-state index contributed by atoms with van der Waals surface area (Å²) < 4.78 is 5.24. The third-order valence-electron chi connectivity index (χ3n) is 4.79. The van der Waals surface area contributed by atoms with E-state index in [0.29, 0.717) is 12.0 Å². The summed E-state index contributed by atoms with van der Waals surface area (Å²) in [7, 11) is 1.40. The third-order valence-corrected chi connectivity index (χ3v) is 4.79. The normalized spacial score (nSPS) is 11.5. The molecule has 0 radical (unpaired) electrons. The van der Waals surface area contributed by atoms with E-state index in [4.69, 9.17) is 4.74 Å². The minimum atomic E-state index is -0.390. The first kappa shape index (κ1) is 23.0. The van der Waals surface area contributed by atoms with Crippen LogP contribution in [0, 0.1) is 0 Å². The topological polar surface area (TPSA) is 66.8 Å². The molecule has 0 saturated carbocycles. The van der Waals surface area contributed by atoms with Gasteiger partial charge in [0.1, 0.15) is 22.8 Å². The molecular weight excluding hydrogens is 376 g/mol. The van der Waals surface area contributed by atoms with Crippen LogP contribution < -0.4 is 4.74 Å². The lowest BCUT2D eigenvalue weighted by Gasteiger charge is -2.14. The van der Waals surface area contributed by atoms with E-state index in [1.165, 1.54) is 24.8 Å². The molecule has 158 valence electrons.